The molecule has 18 heavy (non-hydrogen) atoms. The van der Waals surface area contributed by atoms with Crippen LogP contribution in [0.4, 0.5) is 0 Å². The fourth-order valence-corrected chi connectivity index (χ4v) is 1.87. The lowest BCUT2D eigenvalue weighted by molar-refractivity contribution is -0.116. The Balaban J connectivity index is 2.14. The predicted molar refractivity (Wildman–Crippen MR) is 78.8 cm³/mol. The number of halogens is 1. The minimum absolute atomic E-state index is 0.258. The van der Waals surface area contributed by atoms with Crippen LogP contribution in [-0.2, 0) is 16.1 Å². The van der Waals surface area contributed by atoms with Crippen LogP contribution in [0.3, 0.4) is 0 Å². The highest BCUT2D eigenvalue weighted by atomic mass is 79.9. The number of ether oxygens (including phenoxy) is 1. The van der Waals surface area contributed by atoms with Crippen molar-refractivity contribution in [2.45, 2.75) is 25.9 Å². The molecule has 98 valence electrons. The number of Topliss-reactive ketones (excluding diaryl/α,β-unsaturated/α-hetero) is 1. The molecule has 0 saturated carbocycles. The first kappa shape index (κ1) is 15.1. The fourth-order valence-electron chi connectivity index (χ4n) is 1.59. The van der Waals surface area contributed by atoms with Crippen LogP contribution in [0.1, 0.15) is 30.4 Å². The summed E-state index contributed by atoms with van der Waals surface area (Å²) in [6.45, 7) is 5.06. The van der Waals surface area contributed by atoms with Crippen LogP contribution in [0.5, 0.6) is 0 Å². The third-order valence-corrected chi connectivity index (χ3v) is 3.22. The average Bonchev–Trinajstić information content (AvgIpc) is 2.42. The second kappa shape index (κ2) is 9.06. The maximum absolute atomic E-state index is 11.0. The standard InChI is InChI=1S/C15H19BrO2/c1-2-13-6-5-7-14(10-13)12-18-9-4-3-8-15(17)11-16/h2,5-7,10H,1,3-4,8-9,11-12H2. The van der Waals surface area contributed by atoms with Gasteiger partial charge in [-0.15, -0.1) is 0 Å². The van der Waals surface area contributed by atoms with E-state index in [1.54, 1.807) is 0 Å². The number of carbonyl (C=O) groups excluding carboxylic acids is 1. The van der Waals surface area contributed by atoms with Crippen molar-refractivity contribution in [1.82, 2.24) is 0 Å². The van der Waals surface area contributed by atoms with Crippen molar-refractivity contribution in [1.29, 1.82) is 0 Å². The van der Waals surface area contributed by atoms with Crippen LogP contribution in [0.25, 0.3) is 6.08 Å². The lowest BCUT2D eigenvalue weighted by Gasteiger charge is -2.05. The van der Waals surface area contributed by atoms with E-state index in [4.69, 9.17) is 4.74 Å². The lowest BCUT2D eigenvalue weighted by Crippen LogP contribution is -2.00. The summed E-state index contributed by atoms with van der Waals surface area (Å²) in [6.07, 6.45) is 4.30. The minimum atomic E-state index is 0.258. The first-order chi connectivity index (χ1) is 8.76. The van der Waals surface area contributed by atoms with E-state index in [1.807, 2.05) is 24.3 Å². The Morgan fingerprint density at radius 3 is 2.94 bits per heavy atom. The van der Waals surface area contributed by atoms with Gasteiger partial charge in [-0.05, 0) is 30.0 Å². The number of hydrogen-bond acceptors (Lipinski definition) is 2. The molecule has 1 aromatic rings. The van der Waals surface area contributed by atoms with Crippen molar-refractivity contribution >= 4 is 27.8 Å². The van der Waals surface area contributed by atoms with Crippen molar-refractivity contribution in [3.05, 3.63) is 42.0 Å². The molecule has 3 heteroatoms. The maximum atomic E-state index is 11.0. The largest absolute Gasteiger partial charge is 0.377 e. The van der Waals surface area contributed by atoms with Crippen LogP contribution in [-0.4, -0.2) is 17.7 Å². The molecule has 0 spiro atoms. The molecule has 0 fully saturated rings. The van der Waals surface area contributed by atoms with E-state index in [9.17, 15) is 4.79 Å². The SMILES string of the molecule is C=Cc1cccc(COCCCCC(=O)CBr)c1. The second-order valence-electron chi connectivity index (χ2n) is 4.13. The van der Waals surface area contributed by atoms with Crippen molar-refractivity contribution in [3.63, 3.8) is 0 Å². The van der Waals surface area contributed by atoms with Crippen molar-refractivity contribution < 1.29 is 9.53 Å². The smallest absolute Gasteiger partial charge is 0.143 e. The van der Waals surface area contributed by atoms with Gasteiger partial charge < -0.3 is 4.74 Å². The highest BCUT2D eigenvalue weighted by molar-refractivity contribution is 9.09. The number of benzene rings is 1. The Labute approximate surface area is 117 Å². The van der Waals surface area contributed by atoms with Crippen molar-refractivity contribution in [2.75, 3.05) is 11.9 Å². The Morgan fingerprint density at radius 1 is 1.39 bits per heavy atom. The van der Waals surface area contributed by atoms with E-state index in [0.29, 0.717) is 25.0 Å². The Morgan fingerprint density at radius 2 is 2.22 bits per heavy atom. The highest BCUT2D eigenvalue weighted by Crippen LogP contribution is 2.08. The summed E-state index contributed by atoms with van der Waals surface area (Å²) in [5, 5.41) is 0.461. The molecule has 1 aromatic carbocycles. The van der Waals surface area contributed by atoms with E-state index in [-0.39, 0.29) is 5.78 Å². The highest BCUT2D eigenvalue weighted by Gasteiger charge is 1.99. The number of alkyl halides is 1. The quantitative estimate of drug-likeness (QED) is 0.509. The predicted octanol–water partition coefficient (Wildman–Crippen LogP) is 3.98. The summed E-state index contributed by atoms with van der Waals surface area (Å²) in [4.78, 5) is 11.0. The molecule has 0 radical (unpaired) electrons. The first-order valence-corrected chi connectivity index (χ1v) is 7.25. The summed E-state index contributed by atoms with van der Waals surface area (Å²) >= 11 is 3.15. The van der Waals surface area contributed by atoms with Crippen LogP contribution in [0.15, 0.2) is 30.8 Å². The zero-order chi connectivity index (χ0) is 13.2. The Bertz CT molecular complexity index is 388. The molecule has 0 bridgehead atoms. The second-order valence-corrected chi connectivity index (χ2v) is 4.69. The third kappa shape index (κ3) is 6.12. The first-order valence-electron chi connectivity index (χ1n) is 6.13. The van der Waals surface area contributed by atoms with E-state index < -0.39 is 0 Å². The number of carbonyl (C=O) groups is 1. The molecule has 2 nitrogen and oxygen atoms in total. The van der Waals surface area contributed by atoms with Crippen LogP contribution in [0.2, 0.25) is 0 Å². The van der Waals surface area contributed by atoms with Gasteiger partial charge in [0.2, 0.25) is 0 Å². The van der Waals surface area contributed by atoms with Gasteiger partial charge in [-0.1, -0.05) is 46.8 Å². The molecule has 0 N–H and O–H groups in total. The van der Waals surface area contributed by atoms with Crippen molar-refractivity contribution in [2.24, 2.45) is 0 Å². The number of unbranched alkanes of at least 4 members (excludes halogenated alkanes) is 1. The summed E-state index contributed by atoms with van der Waals surface area (Å²) in [5.74, 6) is 0.258. The van der Waals surface area contributed by atoms with Gasteiger partial charge in [0.25, 0.3) is 0 Å². The molecule has 0 aliphatic heterocycles. The average molecular weight is 311 g/mol. The summed E-state index contributed by atoms with van der Waals surface area (Å²) < 4.78 is 5.58. The molecule has 0 heterocycles. The zero-order valence-electron chi connectivity index (χ0n) is 10.5. The van der Waals surface area contributed by atoms with E-state index in [1.165, 1.54) is 0 Å². The van der Waals surface area contributed by atoms with Crippen LogP contribution >= 0.6 is 15.9 Å². The molecule has 0 aromatic heterocycles. The van der Waals surface area contributed by atoms with E-state index in [0.717, 1.165) is 24.0 Å². The van der Waals surface area contributed by atoms with Gasteiger partial charge in [0, 0.05) is 13.0 Å². The molecular formula is C15H19BrO2. The lowest BCUT2D eigenvalue weighted by atomic mass is 10.1. The Kier molecular flexibility index (Phi) is 7.62. The molecule has 0 unspecified atom stereocenters. The molecule has 0 amide bonds. The number of hydrogen-bond donors (Lipinski definition) is 0. The summed E-state index contributed by atoms with van der Waals surface area (Å²) in [5.41, 5.74) is 2.27. The van der Waals surface area contributed by atoms with Gasteiger partial charge in [0.1, 0.15) is 5.78 Å². The topological polar surface area (TPSA) is 26.3 Å². The maximum Gasteiger partial charge on any atom is 0.143 e. The van der Waals surface area contributed by atoms with Gasteiger partial charge in [0.05, 0.1) is 11.9 Å². The van der Waals surface area contributed by atoms with Gasteiger partial charge in [-0.3, -0.25) is 4.79 Å². The molecular weight excluding hydrogens is 292 g/mol. The van der Waals surface area contributed by atoms with Crippen molar-refractivity contribution in [3.8, 4) is 0 Å². The minimum Gasteiger partial charge on any atom is -0.377 e. The third-order valence-electron chi connectivity index (χ3n) is 2.60. The Hall–Kier alpha value is -0.930. The summed E-state index contributed by atoms with van der Waals surface area (Å²) in [7, 11) is 0. The number of ketones is 1. The van der Waals surface area contributed by atoms with Gasteiger partial charge in [-0.2, -0.15) is 0 Å². The molecule has 0 atom stereocenters. The van der Waals surface area contributed by atoms with Crippen LogP contribution < -0.4 is 0 Å². The van der Waals surface area contributed by atoms with E-state index in [2.05, 4.69) is 28.6 Å². The number of rotatable bonds is 9. The normalized spacial score (nSPS) is 10.3. The fraction of sp³-hybridized carbons (Fsp3) is 0.400. The molecule has 0 saturated heterocycles. The monoisotopic (exact) mass is 310 g/mol. The van der Waals surface area contributed by atoms with Gasteiger partial charge in [-0.25, -0.2) is 0 Å². The molecule has 1 rings (SSSR count). The van der Waals surface area contributed by atoms with Crippen LogP contribution in [0, 0.1) is 0 Å². The van der Waals surface area contributed by atoms with Gasteiger partial charge in [0.15, 0.2) is 0 Å². The molecule has 0 aliphatic carbocycles. The molecule has 0 aliphatic rings. The van der Waals surface area contributed by atoms with E-state index >= 15 is 0 Å². The van der Waals surface area contributed by atoms with Gasteiger partial charge >= 0.3 is 0 Å². The summed E-state index contributed by atoms with van der Waals surface area (Å²) in [6, 6.07) is 8.13. The zero-order valence-corrected chi connectivity index (χ0v) is 12.1.